The highest BCUT2D eigenvalue weighted by atomic mass is 16.1. The molecule has 0 unspecified atom stereocenters. The maximum atomic E-state index is 13.7. The van der Waals surface area contributed by atoms with Crippen LogP contribution in [-0.2, 0) is 0 Å². The Balaban J connectivity index is 1.67. The first-order valence-electron chi connectivity index (χ1n) is 13.1. The topological polar surface area (TPSA) is 90.7 Å². The molecule has 2 N–H and O–H groups in total. The van der Waals surface area contributed by atoms with Crippen molar-refractivity contribution in [3.63, 3.8) is 0 Å². The minimum atomic E-state index is -0.121. The molecule has 0 spiro atoms. The number of pyridine rings is 1. The Morgan fingerprint density at radius 3 is 2.47 bits per heavy atom. The zero-order valence-corrected chi connectivity index (χ0v) is 21.5. The van der Waals surface area contributed by atoms with Gasteiger partial charge >= 0.3 is 0 Å². The lowest BCUT2D eigenvalue weighted by Crippen LogP contribution is -2.54. The maximum Gasteiger partial charge on any atom is 0.257 e. The normalized spacial score (nSPS) is 20.8. The highest BCUT2D eigenvalue weighted by molar-refractivity contribution is 6.13. The van der Waals surface area contributed by atoms with E-state index in [2.05, 4.69) is 34.3 Å². The molecule has 1 amide bonds. The molecule has 5 heterocycles. The van der Waals surface area contributed by atoms with Crippen LogP contribution in [0.25, 0.3) is 27.8 Å². The second kappa shape index (κ2) is 8.89. The number of piperazine rings is 1. The largest absolute Gasteiger partial charge is 0.369 e. The Morgan fingerprint density at radius 1 is 1.03 bits per heavy atom. The van der Waals surface area contributed by atoms with Crippen molar-refractivity contribution >= 4 is 45.3 Å². The van der Waals surface area contributed by atoms with Crippen molar-refractivity contribution in [1.82, 2.24) is 30.0 Å². The third-order valence-corrected chi connectivity index (χ3v) is 7.15. The number of hydrogen-bond acceptors (Lipinski definition) is 7. The van der Waals surface area contributed by atoms with Crippen LogP contribution in [0.3, 0.4) is 0 Å². The van der Waals surface area contributed by atoms with E-state index >= 15 is 0 Å². The van der Waals surface area contributed by atoms with Crippen molar-refractivity contribution in [1.29, 1.82) is 0 Å². The van der Waals surface area contributed by atoms with Crippen molar-refractivity contribution in [2.24, 2.45) is 0 Å². The molecule has 4 aromatic rings. The van der Waals surface area contributed by atoms with Gasteiger partial charge in [-0.3, -0.25) is 9.20 Å². The van der Waals surface area contributed by atoms with Crippen LogP contribution in [0.2, 0.25) is 0 Å². The molecule has 2 atom stereocenters. The smallest absolute Gasteiger partial charge is 0.257 e. The minimum absolute atomic E-state index is 0.00852. The van der Waals surface area contributed by atoms with E-state index < -0.39 is 0 Å². The summed E-state index contributed by atoms with van der Waals surface area (Å²) in [6, 6.07) is 8.75. The van der Waals surface area contributed by atoms with Gasteiger partial charge in [-0.2, -0.15) is 0 Å². The Labute approximate surface area is 210 Å². The molecule has 3 aromatic heterocycles. The SMILES string of the molecule is CC(C)NC(=O)c1c(N2CCCC2)c2ncc(N3C[C@@H](C)N[C@@H](C)C3)nc2n2c1nc1ccccc12. The Morgan fingerprint density at radius 2 is 1.75 bits per heavy atom. The molecule has 0 saturated carbocycles. The van der Waals surface area contributed by atoms with E-state index in [4.69, 9.17) is 15.0 Å². The number of rotatable bonds is 4. The lowest BCUT2D eigenvalue weighted by atomic mass is 10.1. The van der Waals surface area contributed by atoms with E-state index in [-0.39, 0.29) is 11.9 Å². The number of nitrogens with zero attached hydrogens (tertiary/aromatic N) is 6. The Kier molecular flexibility index (Phi) is 5.67. The van der Waals surface area contributed by atoms with E-state index in [0.717, 1.165) is 72.7 Å². The molecule has 2 aliphatic rings. The van der Waals surface area contributed by atoms with Crippen molar-refractivity contribution in [2.45, 2.75) is 58.7 Å². The van der Waals surface area contributed by atoms with E-state index in [1.165, 1.54) is 0 Å². The molecule has 9 nitrogen and oxygen atoms in total. The van der Waals surface area contributed by atoms with E-state index in [0.29, 0.717) is 23.3 Å². The number of amides is 1. The predicted octanol–water partition coefficient (Wildman–Crippen LogP) is 3.36. The standard InChI is InChI=1S/C27H34N8O/c1-16(2)29-27(36)22-24(33-11-7-8-12-33)23-26(35-20-10-6-5-9-19(20)31-25(22)35)32-21(13-28-23)34-14-17(3)30-18(4)15-34/h5-6,9-10,13,16-18,30H,7-8,11-12,14-15H2,1-4H3,(H,29,36)/t17-,18+. The van der Waals surface area contributed by atoms with E-state index in [9.17, 15) is 4.79 Å². The molecular formula is C27H34N8O. The lowest BCUT2D eigenvalue weighted by Gasteiger charge is -2.36. The first-order valence-corrected chi connectivity index (χ1v) is 13.1. The van der Waals surface area contributed by atoms with Gasteiger partial charge in [-0.05, 0) is 52.7 Å². The summed E-state index contributed by atoms with van der Waals surface area (Å²) in [7, 11) is 0. The highest BCUT2D eigenvalue weighted by Crippen LogP contribution is 2.37. The van der Waals surface area contributed by atoms with Crippen LogP contribution < -0.4 is 20.4 Å². The van der Waals surface area contributed by atoms with Gasteiger partial charge in [-0.1, -0.05) is 12.1 Å². The highest BCUT2D eigenvalue weighted by Gasteiger charge is 2.30. The average molecular weight is 487 g/mol. The van der Waals surface area contributed by atoms with Gasteiger partial charge in [0.25, 0.3) is 5.91 Å². The number of anilines is 2. The Hall–Kier alpha value is -3.46. The number of imidazole rings is 1. The molecule has 36 heavy (non-hydrogen) atoms. The van der Waals surface area contributed by atoms with Gasteiger partial charge in [0, 0.05) is 44.3 Å². The summed E-state index contributed by atoms with van der Waals surface area (Å²) < 4.78 is 2.03. The Bertz CT molecular complexity index is 1440. The summed E-state index contributed by atoms with van der Waals surface area (Å²) in [4.78, 5) is 33.5. The van der Waals surface area contributed by atoms with Crippen molar-refractivity contribution in [3.8, 4) is 0 Å². The average Bonchev–Trinajstić information content (AvgIpc) is 3.50. The summed E-state index contributed by atoms with van der Waals surface area (Å²) in [6.45, 7) is 11.9. The lowest BCUT2D eigenvalue weighted by molar-refractivity contribution is 0.0945. The molecule has 1 aromatic carbocycles. The van der Waals surface area contributed by atoms with Crippen molar-refractivity contribution < 1.29 is 4.79 Å². The molecule has 188 valence electrons. The molecule has 0 radical (unpaired) electrons. The number of benzene rings is 1. The zero-order valence-electron chi connectivity index (χ0n) is 21.5. The number of nitrogens with one attached hydrogen (secondary N) is 2. The van der Waals surface area contributed by atoms with Crippen LogP contribution >= 0.6 is 0 Å². The molecule has 2 saturated heterocycles. The van der Waals surface area contributed by atoms with Crippen molar-refractivity contribution in [3.05, 3.63) is 36.0 Å². The van der Waals surface area contributed by atoms with Gasteiger partial charge in [0.1, 0.15) is 16.9 Å². The van der Waals surface area contributed by atoms with Crippen LogP contribution in [0.4, 0.5) is 11.5 Å². The molecule has 0 bridgehead atoms. The second-order valence-corrected chi connectivity index (χ2v) is 10.6. The third kappa shape index (κ3) is 3.82. The molecule has 2 aliphatic heterocycles. The third-order valence-electron chi connectivity index (χ3n) is 7.15. The molecule has 9 heteroatoms. The van der Waals surface area contributed by atoms with Crippen LogP contribution in [-0.4, -0.2) is 69.6 Å². The van der Waals surface area contributed by atoms with Gasteiger partial charge in [-0.25, -0.2) is 15.0 Å². The quantitative estimate of drug-likeness (QED) is 0.457. The van der Waals surface area contributed by atoms with E-state index in [1.54, 1.807) is 0 Å². The first kappa shape index (κ1) is 23.0. The van der Waals surface area contributed by atoms with Crippen LogP contribution in [0.5, 0.6) is 0 Å². The minimum Gasteiger partial charge on any atom is -0.369 e. The summed E-state index contributed by atoms with van der Waals surface area (Å²) in [6.07, 6.45) is 4.06. The number of para-hydroxylation sites is 2. The summed E-state index contributed by atoms with van der Waals surface area (Å²) in [5.41, 5.74) is 5.34. The molecule has 6 rings (SSSR count). The van der Waals surface area contributed by atoms with Crippen LogP contribution in [0, 0.1) is 0 Å². The first-order chi connectivity index (χ1) is 17.4. The van der Waals surface area contributed by atoms with Crippen LogP contribution in [0.15, 0.2) is 30.5 Å². The van der Waals surface area contributed by atoms with Gasteiger partial charge in [0.05, 0.1) is 22.9 Å². The number of fused-ring (bicyclic) bond motifs is 5. The zero-order chi connectivity index (χ0) is 25.0. The van der Waals surface area contributed by atoms with Gasteiger partial charge in [0.2, 0.25) is 0 Å². The second-order valence-electron chi connectivity index (χ2n) is 10.6. The molecule has 2 fully saturated rings. The fourth-order valence-electron chi connectivity index (χ4n) is 5.78. The number of aromatic nitrogens is 4. The predicted molar refractivity (Wildman–Crippen MR) is 144 cm³/mol. The van der Waals surface area contributed by atoms with Crippen LogP contribution in [0.1, 0.15) is 50.9 Å². The van der Waals surface area contributed by atoms with E-state index in [1.807, 2.05) is 48.7 Å². The monoisotopic (exact) mass is 486 g/mol. The summed E-state index contributed by atoms with van der Waals surface area (Å²) >= 11 is 0. The van der Waals surface area contributed by atoms with Gasteiger partial charge in [-0.15, -0.1) is 0 Å². The molecule has 0 aliphatic carbocycles. The summed E-state index contributed by atoms with van der Waals surface area (Å²) in [5.74, 6) is 0.735. The number of hydrogen-bond donors (Lipinski definition) is 2. The van der Waals surface area contributed by atoms with Gasteiger partial charge < -0.3 is 20.4 Å². The maximum absolute atomic E-state index is 13.7. The number of carbonyl (C=O) groups is 1. The molecular weight excluding hydrogens is 452 g/mol. The van der Waals surface area contributed by atoms with Gasteiger partial charge in [0.15, 0.2) is 11.3 Å². The number of carbonyl (C=O) groups excluding carboxylic acids is 1. The summed E-state index contributed by atoms with van der Waals surface area (Å²) in [5, 5.41) is 6.71. The fourth-order valence-corrected chi connectivity index (χ4v) is 5.78. The fraction of sp³-hybridized carbons (Fsp3) is 0.481. The van der Waals surface area contributed by atoms with Crippen molar-refractivity contribution in [2.75, 3.05) is 36.0 Å².